The summed E-state index contributed by atoms with van der Waals surface area (Å²) in [6.07, 6.45) is 4.01. The van der Waals surface area contributed by atoms with Crippen molar-refractivity contribution in [1.29, 1.82) is 0 Å². The van der Waals surface area contributed by atoms with E-state index >= 15 is 0 Å². The Morgan fingerprint density at radius 3 is 2.11 bits per heavy atom. The summed E-state index contributed by atoms with van der Waals surface area (Å²) in [6, 6.07) is 20.1. The number of rotatable bonds is 10. The number of carboxylic acids is 2. The first kappa shape index (κ1) is 26.0. The SMILES string of the molecule is CCCCc1ccc(C#Cc2ccc(CN(CC3CC3C(=O)O)c3ccc(F)c(C(=O)O)c3)cc2)cc1. The van der Waals surface area contributed by atoms with Crippen molar-refractivity contribution in [1.82, 2.24) is 0 Å². The number of benzene rings is 3. The third kappa shape index (κ3) is 6.98. The second kappa shape index (κ2) is 11.7. The Balaban J connectivity index is 1.48. The standard InChI is InChI=1S/C31H30FNO4/c1-2-3-4-21-5-7-22(8-6-21)9-10-23-11-13-24(14-12-23)19-33(20-25-17-27(25)30(34)35)26-15-16-29(32)28(18-26)31(36)37/h5-8,11-16,18,25,27H,2-4,17,19-20H2,1H3,(H,34,35)(H,36,37). The van der Waals surface area contributed by atoms with Crippen molar-refractivity contribution in [3.63, 3.8) is 0 Å². The van der Waals surface area contributed by atoms with Crippen LogP contribution >= 0.6 is 0 Å². The second-order valence-electron chi connectivity index (χ2n) is 9.54. The average Bonchev–Trinajstić information content (AvgIpc) is 3.67. The van der Waals surface area contributed by atoms with Gasteiger partial charge in [-0.1, -0.05) is 49.5 Å². The van der Waals surface area contributed by atoms with Crippen LogP contribution in [0.15, 0.2) is 66.7 Å². The summed E-state index contributed by atoms with van der Waals surface area (Å²) in [5, 5.41) is 18.6. The molecule has 1 fully saturated rings. The minimum absolute atomic E-state index is 0.0330. The first-order valence-corrected chi connectivity index (χ1v) is 12.5. The maximum Gasteiger partial charge on any atom is 0.338 e. The summed E-state index contributed by atoms with van der Waals surface area (Å²) in [5.41, 5.74) is 4.24. The minimum Gasteiger partial charge on any atom is -0.481 e. The lowest BCUT2D eigenvalue weighted by Crippen LogP contribution is -2.26. The molecule has 0 bridgehead atoms. The summed E-state index contributed by atoms with van der Waals surface area (Å²) in [6.45, 7) is 3.06. The number of unbranched alkanes of at least 4 members (excludes halogenated alkanes) is 1. The molecular formula is C31H30FNO4. The first-order chi connectivity index (χ1) is 17.8. The molecule has 1 aliphatic carbocycles. The van der Waals surface area contributed by atoms with Crippen molar-refractivity contribution in [3.8, 4) is 11.8 Å². The molecule has 1 aliphatic rings. The van der Waals surface area contributed by atoms with Gasteiger partial charge in [0.2, 0.25) is 0 Å². The van der Waals surface area contributed by atoms with Crippen LogP contribution in [0.2, 0.25) is 0 Å². The topological polar surface area (TPSA) is 77.8 Å². The van der Waals surface area contributed by atoms with Gasteiger partial charge in [0, 0.05) is 29.9 Å². The van der Waals surface area contributed by atoms with Crippen LogP contribution in [0.3, 0.4) is 0 Å². The van der Waals surface area contributed by atoms with Crippen LogP contribution in [-0.4, -0.2) is 28.7 Å². The summed E-state index contributed by atoms with van der Waals surface area (Å²) in [5.74, 6) is 2.98. The van der Waals surface area contributed by atoms with Crippen LogP contribution in [0, 0.1) is 29.5 Å². The Morgan fingerprint density at radius 1 is 0.946 bits per heavy atom. The van der Waals surface area contributed by atoms with E-state index in [1.54, 1.807) is 0 Å². The Hall–Kier alpha value is -4.11. The summed E-state index contributed by atoms with van der Waals surface area (Å²) in [4.78, 5) is 24.7. The number of nitrogens with zero attached hydrogens (tertiary/aromatic N) is 1. The van der Waals surface area contributed by atoms with Gasteiger partial charge in [-0.3, -0.25) is 4.79 Å². The molecule has 190 valence electrons. The number of carbonyl (C=O) groups is 2. The fourth-order valence-corrected chi connectivity index (χ4v) is 4.36. The normalized spacial score (nSPS) is 15.9. The highest BCUT2D eigenvalue weighted by Crippen LogP contribution is 2.40. The fraction of sp³-hybridized carbons (Fsp3) is 0.290. The fourth-order valence-electron chi connectivity index (χ4n) is 4.36. The molecule has 1 saturated carbocycles. The van der Waals surface area contributed by atoms with Crippen molar-refractivity contribution >= 4 is 17.6 Å². The van der Waals surface area contributed by atoms with Gasteiger partial charge >= 0.3 is 11.9 Å². The van der Waals surface area contributed by atoms with Gasteiger partial charge in [-0.25, -0.2) is 9.18 Å². The van der Waals surface area contributed by atoms with Crippen LogP contribution in [0.4, 0.5) is 10.1 Å². The molecule has 0 heterocycles. The van der Waals surface area contributed by atoms with E-state index in [1.165, 1.54) is 30.5 Å². The zero-order valence-corrected chi connectivity index (χ0v) is 20.8. The third-order valence-corrected chi connectivity index (χ3v) is 6.69. The van der Waals surface area contributed by atoms with E-state index in [2.05, 4.69) is 30.9 Å². The summed E-state index contributed by atoms with van der Waals surface area (Å²) < 4.78 is 14.0. The van der Waals surface area contributed by atoms with Crippen LogP contribution in [-0.2, 0) is 17.8 Å². The number of aromatic carboxylic acids is 1. The molecule has 2 atom stereocenters. The number of aryl methyl sites for hydroxylation is 1. The molecule has 0 aliphatic heterocycles. The van der Waals surface area contributed by atoms with Crippen molar-refractivity contribution < 1.29 is 24.2 Å². The van der Waals surface area contributed by atoms with E-state index in [9.17, 15) is 24.2 Å². The average molecular weight is 500 g/mol. The molecule has 37 heavy (non-hydrogen) atoms. The molecule has 4 rings (SSSR count). The lowest BCUT2D eigenvalue weighted by Gasteiger charge is -2.26. The molecule has 6 heteroatoms. The molecule has 5 nitrogen and oxygen atoms in total. The number of hydrogen-bond donors (Lipinski definition) is 2. The van der Waals surface area contributed by atoms with Crippen LogP contribution in [0.5, 0.6) is 0 Å². The van der Waals surface area contributed by atoms with Crippen molar-refractivity contribution in [2.24, 2.45) is 11.8 Å². The first-order valence-electron chi connectivity index (χ1n) is 12.5. The lowest BCUT2D eigenvalue weighted by molar-refractivity contribution is -0.138. The van der Waals surface area contributed by atoms with Crippen LogP contribution in [0.1, 0.15) is 58.8 Å². The summed E-state index contributed by atoms with van der Waals surface area (Å²) >= 11 is 0. The van der Waals surface area contributed by atoms with Crippen molar-refractivity contribution in [2.75, 3.05) is 11.4 Å². The third-order valence-electron chi connectivity index (χ3n) is 6.69. The maximum absolute atomic E-state index is 14.0. The van der Waals surface area contributed by atoms with E-state index in [4.69, 9.17) is 0 Å². The highest BCUT2D eigenvalue weighted by molar-refractivity contribution is 5.89. The van der Waals surface area contributed by atoms with Gasteiger partial charge < -0.3 is 15.1 Å². The minimum atomic E-state index is -1.34. The Morgan fingerprint density at radius 2 is 1.57 bits per heavy atom. The molecule has 3 aromatic carbocycles. The number of hydrogen-bond acceptors (Lipinski definition) is 3. The largest absolute Gasteiger partial charge is 0.481 e. The van der Waals surface area contributed by atoms with Gasteiger partial charge in [-0.2, -0.15) is 0 Å². The molecule has 0 radical (unpaired) electrons. The highest BCUT2D eigenvalue weighted by atomic mass is 19.1. The van der Waals surface area contributed by atoms with Crippen molar-refractivity contribution in [2.45, 2.75) is 39.2 Å². The number of aliphatic carboxylic acids is 1. The van der Waals surface area contributed by atoms with Gasteiger partial charge in [0.1, 0.15) is 5.82 Å². The smallest absolute Gasteiger partial charge is 0.338 e. The van der Waals surface area contributed by atoms with E-state index in [0.29, 0.717) is 25.2 Å². The van der Waals surface area contributed by atoms with Crippen molar-refractivity contribution in [3.05, 3.63) is 100 Å². The quantitative estimate of drug-likeness (QED) is 0.335. The van der Waals surface area contributed by atoms with Gasteiger partial charge in [-0.05, 0) is 78.8 Å². The molecule has 2 N–H and O–H groups in total. The predicted octanol–water partition coefficient (Wildman–Crippen LogP) is 5.99. The Labute approximate surface area is 216 Å². The number of halogens is 1. The monoisotopic (exact) mass is 499 g/mol. The lowest BCUT2D eigenvalue weighted by atomic mass is 10.1. The molecule has 0 amide bonds. The number of anilines is 1. The van der Waals surface area contributed by atoms with E-state index in [1.807, 2.05) is 41.3 Å². The van der Waals surface area contributed by atoms with Gasteiger partial charge in [0.05, 0.1) is 11.5 Å². The molecule has 0 spiro atoms. The van der Waals surface area contributed by atoms with Crippen LogP contribution < -0.4 is 4.90 Å². The van der Waals surface area contributed by atoms with Crippen LogP contribution in [0.25, 0.3) is 0 Å². The Kier molecular flexibility index (Phi) is 8.25. The zero-order chi connectivity index (χ0) is 26.4. The van der Waals surface area contributed by atoms with Gasteiger partial charge in [0.25, 0.3) is 0 Å². The zero-order valence-electron chi connectivity index (χ0n) is 20.8. The molecule has 0 aromatic heterocycles. The van der Waals surface area contributed by atoms with E-state index < -0.39 is 29.2 Å². The molecular weight excluding hydrogens is 469 g/mol. The Bertz CT molecular complexity index is 1320. The van der Waals surface area contributed by atoms with E-state index in [0.717, 1.165) is 29.2 Å². The maximum atomic E-state index is 14.0. The second-order valence-corrected chi connectivity index (χ2v) is 9.54. The molecule has 0 saturated heterocycles. The summed E-state index contributed by atoms with van der Waals surface area (Å²) in [7, 11) is 0. The van der Waals surface area contributed by atoms with E-state index in [-0.39, 0.29) is 5.92 Å². The predicted molar refractivity (Wildman–Crippen MR) is 141 cm³/mol. The molecule has 2 unspecified atom stereocenters. The highest BCUT2D eigenvalue weighted by Gasteiger charge is 2.44. The van der Waals surface area contributed by atoms with Gasteiger partial charge in [-0.15, -0.1) is 0 Å². The number of carboxylic acid groups (broad SMARTS) is 2. The van der Waals surface area contributed by atoms with Gasteiger partial charge in [0.15, 0.2) is 0 Å². The molecule has 3 aromatic rings.